The maximum Gasteiger partial charge on any atom is 0.0323 e. The molecule has 1 aromatic rings. The summed E-state index contributed by atoms with van der Waals surface area (Å²) in [5, 5.41) is 3.60. The topological polar surface area (TPSA) is 12.0 Å². The molecule has 1 nitrogen and oxygen atoms in total. The molecule has 1 aliphatic carbocycles. The van der Waals surface area contributed by atoms with Gasteiger partial charge in [0.2, 0.25) is 0 Å². The van der Waals surface area contributed by atoms with Crippen LogP contribution in [0.5, 0.6) is 0 Å². The van der Waals surface area contributed by atoms with Crippen LogP contribution in [0.4, 0.5) is 0 Å². The Labute approximate surface area is 85.5 Å². The zero-order chi connectivity index (χ0) is 9.38. The minimum atomic E-state index is 0.645. The van der Waals surface area contributed by atoms with Gasteiger partial charge < -0.3 is 5.32 Å². The van der Waals surface area contributed by atoms with E-state index in [1.54, 1.807) is 11.1 Å². The van der Waals surface area contributed by atoms with Crippen LogP contribution >= 0.6 is 0 Å². The van der Waals surface area contributed by atoms with Crippen LogP contribution in [-0.2, 0) is 0 Å². The molecule has 0 spiro atoms. The maximum absolute atomic E-state index is 3.60. The van der Waals surface area contributed by atoms with E-state index >= 15 is 0 Å². The van der Waals surface area contributed by atoms with Gasteiger partial charge in [0.25, 0.3) is 0 Å². The Hall–Kier alpha value is -0.820. The molecule has 1 N–H and O–H groups in total. The van der Waals surface area contributed by atoms with Gasteiger partial charge in [-0.1, -0.05) is 24.3 Å². The molecule has 1 saturated carbocycles. The lowest BCUT2D eigenvalue weighted by atomic mass is 9.96. The average molecular weight is 187 g/mol. The largest absolute Gasteiger partial charge is 0.310 e. The summed E-state index contributed by atoms with van der Waals surface area (Å²) in [6.07, 6.45) is 5.47. The van der Waals surface area contributed by atoms with Gasteiger partial charge in [0.1, 0.15) is 0 Å². The molecule has 1 heteroatoms. The van der Waals surface area contributed by atoms with Gasteiger partial charge in [0, 0.05) is 6.04 Å². The summed E-state index contributed by atoms with van der Waals surface area (Å²) in [5.74, 6) is 0.883. The molecular formula is C13H17N. The highest BCUT2D eigenvalue weighted by molar-refractivity contribution is 5.35. The fraction of sp³-hybridized carbons (Fsp3) is 0.538. The fourth-order valence-corrected chi connectivity index (χ4v) is 2.54. The first-order valence-electron chi connectivity index (χ1n) is 5.77. The van der Waals surface area contributed by atoms with Crippen LogP contribution in [0.25, 0.3) is 0 Å². The van der Waals surface area contributed by atoms with Crippen LogP contribution in [0.2, 0.25) is 0 Å². The molecule has 2 fully saturated rings. The average Bonchev–Trinajstić information content (AvgIpc) is 2.94. The van der Waals surface area contributed by atoms with Crippen molar-refractivity contribution in [1.29, 1.82) is 0 Å². The summed E-state index contributed by atoms with van der Waals surface area (Å²) in [5.41, 5.74) is 3.19. The molecule has 1 aromatic carbocycles. The number of hydrogen-bond acceptors (Lipinski definition) is 1. The molecular weight excluding hydrogens is 170 g/mol. The number of rotatable bonds is 2. The van der Waals surface area contributed by atoms with E-state index < -0.39 is 0 Å². The fourth-order valence-electron chi connectivity index (χ4n) is 2.54. The van der Waals surface area contributed by atoms with E-state index in [1.807, 2.05) is 0 Å². The predicted octanol–water partition coefficient (Wildman–Crippen LogP) is 2.99. The van der Waals surface area contributed by atoms with Crippen molar-refractivity contribution in [3.8, 4) is 0 Å². The second-order valence-corrected chi connectivity index (χ2v) is 4.55. The molecule has 0 radical (unpaired) electrons. The quantitative estimate of drug-likeness (QED) is 0.750. The van der Waals surface area contributed by atoms with Crippen molar-refractivity contribution in [3.63, 3.8) is 0 Å². The van der Waals surface area contributed by atoms with Gasteiger partial charge in [-0.3, -0.25) is 0 Å². The molecule has 3 rings (SSSR count). The molecule has 1 aliphatic heterocycles. The zero-order valence-corrected chi connectivity index (χ0v) is 8.50. The minimum Gasteiger partial charge on any atom is -0.310 e. The Kier molecular flexibility index (Phi) is 2.06. The van der Waals surface area contributed by atoms with Crippen LogP contribution < -0.4 is 5.32 Å². The van der Waals surface area contributed by atoms with E-state index in [0.717, 1.165) is 5.92 Å². The van der Waals surface area contributed by atoms with Gasteiger partial charge >= 0.3 is 0 Å². The second kappa shape index (κ2) is 3.39. The molecule has 1 atom stereocenters. The Bertz CT molecular complexity index is 322. The van der Waals surface area contributed by atoms with E-state index in [4.69, 9.17) is 0 Å². The molecule has 2 aliphatic rings. The van der Waals surface area contributed by atoms with Crippen molar-refractivity contribution in [3.05, 3.63) is 35.4 Å². The molecule has 1 heterocycles. The lowest BCUT2D eigenvalue weighted by molar-refractivity contribution is 0.640. The first-order valence-corrected chi connectivity index (χ1v) is 5.77. The normalized spacial score (nSPS) is 26.7. The van der Waals surface area contributed by atoms with Crippen LogP contribution in [-0.4, -0.2) is 6.54 Å². The van der Waals surface area contributed by atoms with Crippen LogP contribution in [0, 0.1) is 0 Å². The van der Waals surface area contributed by atoms with Gasteiger partial charge in [-0.2, -0.15) is 0 Å². The Balaban J connectivity index is 1.94. The van der Waals surface area contributed by atoms with E-state index in [1.165, 1.54) is 32.2 Å². The Morgan fingerprint density at radius 2 is 1.79 bits per heavy atom. The van der Waals surface area contributed by atoms with Gasteiger partial charge in [-0.25, -0.2) is 0 Å². The monoisotopic (exact) mass is 187 g/mol. The summed E-state index contributed by atoms with van der Waals surface area (Å²) in [6.45, 7) is 1.20. The standard InChI is InChI=1S/C13H17N/c1-2-5-12(13-6-3-9-14-13)11(4-1)10-7-8-10/h1-2,4-5,10,13-14H,3,6-9H2/t13-/m1/s1. The van der Waals surface area contributed by atoms with Crippen LogP contribution in [0.15, 0.2) is 24.3 Å². The molecule has 0 bridgehead atoms. The summed E-state index contributed by atoms with van der Waals surface area (Å²) in [4.78, 5) is 0. The third kappa shape index (κ3) is 1.46. The highest BCUT2D eigenvalue weighted by Gasteiger charge is 2.28. The van der Waals surface area contributed by atoms with Gasteiger partial charge in [-0.05, 0) is 49.3 Å². The Morgan fingerprint density at radius 3 is 2.43 bits per heavy atom. The summed E-state index contributed by atoms with van der Waals surface area (Å²) >= 11 is 0. The minimum absolute atomic E-state index is 0.645. The van der Waals surface area contributed by atoms with Gasteiger partial charge in [-0.15, -0.1) is 0 Å². The van der Waals surface area contributed by atoms with E-state index in [2.05, 4.69) is 29.6 Å². The van der Waals surface area contributed by atoms with Gasteiger partial charge in [0.15, 0.2) is 0 Å². The number of hydrogen-bond donors (Lipinski definition) is 1. The molecule has 14 heavy (non-hydrogen) atoms. The van der Waals surface area contributed by atoms with E-state index in [-0.39, 0.29) is 0 Å². The summed E-state index contributed by atoms with van der Waals surface area (Å²) in [6, 6.07) is 9.66. The van der Waals surface area contributed by atoms with Crippen LogP contribution in [0.3, 0.4) is 0 Å². The van der Waals surface area contributed by atoms with Gasteiger partial charge in [0.05, 0.1) is 0 Å². The van der Waals surface area contributed by atoms with Crippen LogP contribution in [0.1, 0.15) is 48.8 Å². The molecule has 1 saturated heterocycles. The smallest absolute Gasteiger partial charge is 0.0323 e. The summed E-state index contributed by atoms with van der Waals surface area (Å²) in [7, 11) is 0. The number of nitrogens with one attached hydrogen (secondary N) is 1. The highest BCUT2D eigenvalue weighted by Crippen LogP contribution is 2.43. The van der Waals surface area contributed by atoms with Crippen molar-refractivity contribution < 1.29 is 0 Å². The lowest BCUT2D eigenvalue weighted by Gasteiger charge is -2.15. The van der Waals surface area contributed by atoms with E-state index in [9.17, 15) is 0 Å². The van der Waals surface area contributed by atoms with E-state index in [0.29, 0.717) is 6.04 Å². The summed E-state index contributed by atoms with van der Waals surface area (Å²) < 4.78 is 0. The third-order valence-electron chi connectivity index (χ3n) is 3.45. The predicted molar refractivity (Wildman–Crippen MR) is 58.4 cm³/mol. The molecule has 0 unspecified atom stereocenters. The van der Waals surface area contributed by atoms with Crippen molar-refractivity contribution in [2.24, 2.45) is 0 Å². The number of benzene rings is 1. The second-order valence-electron chi connectivity index (χ2n) is 4.55. The van der Waals surface area contributed by atoms with Crippen molar-refractivity contribution in [2.75, 3.05) is 6.54 Å². The zero-order valence-electron chi connectivity index (χ0n) is 8.50. The Morgan fingerprint density at radius 1 is 1.00 bits per heavy atom. The first-order chi connectivity index (χ1) is 6.95. The van der Waals surface area contributed by atoms with Crippen molar-refractivity contribution in [2.45, 2.75) is 37.6 Å². The highest BCUT2D eigenvalue weighted by atomic mass is 14.9. The van der Waals surface area contributed by atoms with Crippen molar-refractivity contribution >= 4 is 0 Å². The SMILES string of the molecule is c1ccc([C@H]2CCCN2)c(C2CC2)c1. The third-order valence-corrected chi connectivity index (χ3v) is 3.45. The van der Waals surface area contributed by atoms with Crippen molar-refractivity contribution in [1.82, 2.24) is 5.32 Å². The maximum atomic E-state index is 3.60. The first kappa shape index (κ1) is 8.49. The molecule has 0 amide bonds. The molecule has 0 aromatic heterocycles. The molecule has 74 valence electrons. The lowest BCUT2D eigenvalue weighted by Crippen LogP contribution is -2.14.